The molecule has 0 unspecified atom stereocenters. The van der Waals surface area contributed by atoms with Crippen molar-refractivity contribution in [1.29, 1.82) is 0 Å². The number of ether oxygens (including phenoxy) is 1. The number of nitrogens with one attached hydrogen (secondary N) is 2. The number of hydrogen-bond donors (Lipinski definition) is 2. The van der Waals surface area contributed by atoms with E-state index in [1.807, 2.05) is 42.5 Å². The number of benzene rings is 2. The van der Waals surface area contributed by atoms with Gasteiger partial charge in [-0.25, -0.2) is 17.9 Å². The standard InChI is InChI=1S/C21H26N2O4S/c1-21(2,3)27-20(24)22-16-19-12-8-7-11-18(19)13-14-28(25,26)23-15-17-9-5-4-6-10-17/h4-14,23H,15-16H2,1-3H3,(H,22,24)/b14-13+. The second-order valence-corrected chi connectivity index (χ2v) is 8.86. The first-order valence-corrected chi connectivity index (χ1v) is 10.5. The molecule has 0 aromatic heterocycles. The molecule has 0 saturated heterocycles. The highest BCUT2D eigenvalue weighted by atomic mass is 32.2. The molecule has 6 nitrogen and oxygen atoms in total. The zero-order valence-electron chi connectivity index (χ0n) is 16.3. The van der Waals surface area contributed by atoms with E-state index in [2.05, 4.69) is 10.0 Å². The van der Waals surface area contributed by atoms with Gasteiger partial charge in [0.2, 0.25) is 10.0 Å². The third-order valence-electron chi connectivity index (χ3n) is 3.62. The summed E-state index contributed by atoms with van der Waals surface area (Å²) >= 11 is 0. The molecule has 1 amide bonds. The Morgan fingerprint density at radius 2 is 1.64 bits per heavy atom. The van der Waals surface area contributed by atoms with Crippen molar-refractivity contribution in [3.05, 3.63) is 76.7 Å². The Morgan fingerprint density at radius 1 is 1.00 bits per heavy atom. The van der Waals surface area contributed by atoms with Crippen LogP contribution < -0.4 is 10.0 Å². The predicted molar refractivity (Wildman–Crippen MR) is 111 cm³/mol. The lowest BCUT2D eigenvalue weighted by Gasteiger charge is -2.19. The normalized spacial score (nSPS) is 12.1. The van der Waals surface area contributed by atoms with Gasteiger partial charge in [-0.2, -0.15) is 0 Å². The van der Waals surface area contributed by atoms with Crippen LogP contribution in [0.2, 0.25) is 0 Å². The zero-order chi connectivity index (χ0) is 20.6. The summed E-state index contributed by atoms with van der Waals surface area (Å²) in [5, 5.41) is 3.81. The number of sulfonamides is 1. The Kier molecular flexibility index (Phi) is 7.37. The summed E-state index contributed by atoms with van der Waals surface area (Å²) in [4.78, 5) is 11.8. The molecule has 150 valence electrons. The number of amides is 1. The van der Waals surface area contributed by atoms with E-state index >= 15 is 0 Å². The van der Waals surface area contributed by atoms with E-state index < -0.39 is 21.7 Å². The summed E-state index contributed by atoms with van der Waals surface area (Å²) in [7, 11) is -3.59. The molecule has 0 aliphatic heterocycles. The lowest BCUT2D eigenvalue weighted by molar-refractivity contribution is 0.0523. The molecule has 2 rings (SSSR count). The van der Waals surface area contributed by atoms with Crippen molar-refractivity contribution >= 4 is 22.2 Å². The van der Waals surface area contributed by atoms with Crippen molar-refractivity contribution in [2.24, 2.45) is 0 Å². The average molecular weight is 403 g/mol. The molecule has 0 aliphatic carbocycles. The van der Waals surface area contributed by atoms with Crippen LogP contribution in [0.3, 0.4) is 0 Å². The van der Waals surface area contributed by atoms with Crippen molar-refractivity contribution in [2.45, 2.75) is 39.5 Å². The summed E-state index contributed by atoms with van der Waals surface area (Å²) in [5.41, 5.74) is 1.77. The van der Waals surface area contributed by atoms with Crippen molar-refractivity contribution in [3.8, 4) is 0 Å². The predicted octanol–water partition coefficient (Wildman–Crippen LogP) is 3.80. The van der Waals surface area contributed by atoms with E-state index in [4.69, 9.17) is 4.74 Å². The number of hydrogen-bond acceptors (Lipinski definition) is 4. The van der Waals surface area contributed by atoms with Gasteiger partial charge in [0.25, 0.3) is 0 Å². The summed E-state index contributed by atoms with van der Waals surface area (Å²) in [5.74, 6) is 0. The molecule has 0 radical (unpaired) electrons. The topological polar surface area (TPSA) is 84.5 Å². The summed E-state index contributed by atoms with van der Waals surface area (Å²) in [6.45, 7) is 5.81. The van der Waals surface area contributed by atoms with Crippen LogP contribution in [0.5, 0.6) is 0 Å². The molecule has 7 heteroatoms. The fourth-order valence-corrected chi connectivity index (χ4v) is 3.12. The van der Waals surface area contributed by atoms with Crippen LogP contribution in [0, 0.1) is 0 Å². The molecule has 2 aromatic rings. The molecule has 0 bridgehead atoms. The number of rotatable bonds is 7. The fraction of sp³-hybridized carbons (Fsp3) is 0.286. The van der Waals surface area contributed by atoms with E-state index in [-0.39, 0.29) is 13.1 Å². The van der Waals surface area contributed by atoms with Crippen molar-refractivity contribution in [1.82, 2.24) is 10.0 Å². The van der Waals surface area contributed by atoms with Gasteiger partial charge in [-0.05, 0) is 43.5 Å². The fourth-order valence-electron chi connectivity index (χ4n) is 2.33. The van der Waals surface area contributed by atoms with E-state index in [1.54, 1.807) is 32.9 Å². The third kappa shape index (κ3) is 7.94. The van der Waals surface area contributed by atoms with E-state index in [0.717, 1.165) is 16.5 Å². The lowest BCUT2D eigenvalue weighted by atomic mass is 10.1. The first-order chi connectivity index (χ1) is 13.1. The highest BCUT2D eigenvalue weighted by Gasteiger charge is 2.16. The van der Waals surface area contributed by atoms with Crippen LogP contribution in [0.15, 0.2) is 60.0 Å². The molecule has 0 saturated carbocycles. The molecular weight excluding hydrogens is 376 g/mol. The van der Waals surface area contributed by atoms with E-state index in [9.17, 15) is 13.2 Å². The highest BCUT2D eigenvalue weighted by Crippen LogP contribution is 2.13. The summed E-state index contributed by atoms with van der Waals surface area (Å²) in [6.07, 6.45) is 0.989. The first kappa shape index (κ1) is 21.7. The lowest BCUT2D eigenvalue weighted by Crippen LogP contribution is -2.32. The molecular formula is C21H26N2O4S. The van der Waals surface area contributed by atoms with Crippen LogP contribution in [0.1, 0.15) is 37.5 Å². The monoisotopic (exact) mass is 402 g/mol. The van der Waals surface area contributed by atoms with Gasteiger partial charge in [-0.15, -0.1) is 0 Å². The minimum atomic E-state index is -3.59. The van der Waals surface area contributed by atoms with Gasteiger partial charge in [0, 0.05) is 18.5 Å². The van der Waals surface area contributed by atoms with Crippen LogP contribution in [-0.2, 0) is 27.8 Å². The molecule has 28 heavy (non-hydrogen) atoms. The maximum Gasteiger partial charge on any atom is 0.407 e. The largest absolute Gasteiger partial charge is 0.444 e. The van der Waals surface area contributed by atoms with Crippen molar-refractivity contribution in [2.75, 3.05) is 0 Å². The maximum atomic E-state index is 12.2. The van der Waals surface area contributed by atoms with Gasteiger partial charge in [-0.3, -0.25) is 0 Å². The van der Waals surface area contributed by atoms with Crippen molar-refractivity contribution < 1.29 is 17.9 Å². The zero-order valence-corrected chi connectivity index (χ0v) is 17.1. The molecule has 0 aliphatic rings. The van der Waals surface area contributed by atoms with Gasteiger partial charge in [0.05, 0.1) is 0 Å². The highest BCUT2D eigenvalue weighted by molar-refractivity contribution is 7.92. The Morgan fingerprint density at radius 3 is 2.32 bits per heavy atom. The minimum absolute atomic E-state index is 0.218. The van der Waals surface area contributed by atoms with Gasteiger partial charge < -0.3 is 10.1 Å². The van der Waals surface area contributed by atoms with E-state index in [1.165, 1.54) is 6.08 Å². The summed E-state index contributed by atoms with van der Waals surface area (Å²) in [6, 6.07) is 16.5. The van der Waals surface area contributed by atoms with Gasteiger partial charge in [0.15, 0.2) is 0 Å². The smallest absolute Gasteiger partial charge is 0.407 e. The Balaban J connectivity index is 2.00. The average Bonchev–Trinajstić information content (AvgIpc) is 2.63. The third-order valence-corrected chi connectivity index (χ3v) is 4.67. The minimum Gasteiger partial charge on any atom is -0.444 e. The maximum absolute atomic E-state index is 12.2. The molecule has 0 fully saturated rings. The first-order valence-electron chi connectivity index (χ1n) is 8.91. The number of alkyl carbamates (subject to hydrolysis) is 1. The SMILES string of the molecule is CC(C)(C)OC(=O)NCc1ccccc1/C=C/S(=O)(=O)NCc1ccccc1. The number of carbonyl (C=O) groups excluding carboxylic acids is 1. The number of carbonyl (C=O) groups is 1. The van der Waals surface area contributed by atoms with Crippen molar-refractivity contribution in [3.63, 3.8) is 0 Å². The Hall–Kier alpha value is -2.64. The second kappa shape index (κ2) is 9.52. The van der Waals surface area contributed by atoms with Crippen LogP contribution in [0.25, 0.3) is 6.08 Å². The Labute approximate surface area is 166 Å². The quantitative estimate of drug-likeness (QED) is 0.738. The molecule has 2 N–H and O–H groups in total. The van der Waals surface area contributed by atoms with Gasteiger partial charge in [0.1, 0.15) is 5.60 Å². The van der Waals surface area contributed by atoms with E-state index in [0.29, 0.717) is 5.56 Å². The Bertz CT molecular complexity index is 917. The molecule has 0 heterocycles. The summed E-state index contributed by atoms with van der Waals surface area (Å²) < 4.78 is 32.2. The van der Waals surface area contributed by atoms with Crippen LogP contribution in [-0.4, -0.2) is 20.1 Å². The van der Waals surface area contributed by atoms with Crippen LogP contribution in [0.4, 0.5) is 4.79 Å². The molecule has 2 aromatic carbocycles. The van der Waals surface area contributed by atoms with Crippen LogP contribution >= 0.6 is 0 Å². The van der Waals surface area contributed by atoms with Gasteiger partial charge in [-0.1, -0.05) is 54.6 Å². The molecule has 0 spiro atoms. The van der Waals surface area contributed by atoms with Gasteiger partial charge >= 0.3 is 6.09 Å². The molecule has 0 atom stereocenters. The second-order valence-electron chi connectivity index (χ2n) is 7.21.